The highest BCUT2D eigenvalue weighted by Gasteiger charge is 2.13. The molecule has 0 amide bonds. The molecular formula is C8H10O6S. The summed E-state index contributed by atoms with van der Waals surface area (Å²) in [6.07, 6.45) is -1.09. The van der Waals surface area contributed by atoms with Crippen molar-refractivity contribution in [2.75, 3.05) is 0 Å². The predicted octanol–water partition coefficient (Wildman–Crippen LogP) is 0.502. The molecular weight excluding hydrogens is 224 g/mol. The molecule has 0 aliphatic heterocycles. The monoisotopic (exact) mass is 234 g/mol. The summed E-state index contributed by atoms with van der Waals surface area (Å²) in [6.45, 7) is 0. The Labute approximate surface area is 89.7 Å². The van der Waals surface area contributed by atoms with E-state index in [0.29, 0.717) is 11.8 Å². The molecule has 0 aliphatic rings. The van der Waals surface area contributed by atoms with E-state index in [4.69, 9.17) is 10.2 Å². The number of carboxylic acids is 2. The van der Waals surface area contributed by atoms with Crippen LogP contribution in [0, 0.1) is 0 Å². The minimum atomic E-state index is -1.11. The van der Waals surface area contributed by atoms with E-state index < -0.39 is 22.2 Å². The molecule has 2 N–H and O–H groups in total. The number of carbonyl (C=O) groups excluding carboxylic acids is 2. The highest BCUT2D eigenvalue weighted by atomic mass is 32.2. The smallest absolute Gasteiger partial charge is 0.303 e. The van der Waals surface area contributed by atoms with Crippen LogP contribution in [-0.2, 0) is 19.2 Å². The van der Waals surface area contributed by atoms with Crippen LogP contribution in [-0.4, -0.2) is 32.4 Å². The van der Waals surface area contributed by atoms with E-state index in [1.54, 1.807) is 0 Å². The second kappa shape index (κ2) is 6.99. The molecule has 0 aliphatic carbocycles. The van der Waals surface area contributed by atoms with Crippen molar-refractivity contribution in [2.24, 2.45) is 0 Å². The molecule has 0 spiro atoms. The van der Waals surface area contributed by atoms with Gasteiger partial charge in [-0.25, -0.2) is 0 Å². The maximum atomic E-state index is 10.9. The van der Waals surface area contributed by atoms with Gasteiger partial charge in [0.05, 0.1) is 12.8 Å². The summed E-state index contributed by atoms with van der Waals surface area (Å²) in [5.41, 5.74) is 0. The first-order valence-corrected chi connectivity index (χ1v) is 4.90. The Hall–Kier alpha value is -1.37. The number of rotatable bonds is 6. The summed E-state index contributed by atoms with van der Waals surface area (Å²) >= 11 is 0.379. The number of thioether (sulfide) groups is 1. The third-order valence-corrected chi connectivity index (χ3v) is 2.18. The number of hydrogen-bond acceptors (Lipinski definition) is 5. The van der Waals surface area contributed by atoms with Crippen LogP contribution in [0.15, 0.2) is 0 Å². The van der Waals surface area contributed by atoms with Crippen molar-refractivity contribution >= 4 is 33.9 Å². The molecule has 15 heavy (non-hydrogen) atoms. The molecule has 0 fully saturated rings. The molecule has 0 aromatic heterocycles. The minimum Gasteiger partial charge on any atom is -0.481 e. The van der Waals surface area contributed by atoms with Crippen molar-refractivity contribution in [1.82, 2.24) is 0 Å². The number of carboxylic acid groups (broad SMARTS) is 2. The van der Waals surface area contributed by atoms with Gasteiger partial charge in [0.15, 0.2) is 10.2 Å². The van der Waals surface area contributed by atoms with Crippen LogP contribution in [0.4, 0.5) is 0 Å². The van der Waals surface area contributed by atoms with E-state index in [1.165, 1.54) is 0 Å². The van der Waals surface area contributed by atoms with Crippen LogP contribution in [0.1, 0.15) is 25.7 Å². The van der Waals surface area contributed by atoms with Gasteiger partial charge in [-0.2, -0.15) is 0 Å². The molecule has 0 rings (SSSR count). The molecule has 0 unspecified atom stereocenters. The van der Waals surface area contributed by atoms with Crippen LogP contribution >= 0.6 is 11.8 Å². The average molecular weight is 234 g/mol. The quantitative estimate of drug-likeness (QED) is 0.688. The zero-order valence-electron chi connectivity index (χ0n) is 7.76. The summed E-state index contributed by atoms with van der Waals surface area (Å²) < 4.78 is 0. The Morgan fingerprint density at radius 2 is 1.07 bits per heavy atom. The Bertz CT molecular complexity index is 257. The van der Waals surface area contributed by atoms with Crippen LogP contribution in [0.5, 0.6) is 0 Å². The highest BCUT2D eigenvalue weighted by Crippen LogP contribution is 2.12. The zero-order valence-corrected chi connectivity index (χ0v) is 8.58. The number of hydrogen-bond donors (Lipinski definition) is 2. The van der Waals surface area contributed by atoms with Crippen LogP contribution < -0.4 is 0 Å². The van der Waals surface area contributed by atoms with E-state index in [2.05, 4.69) is 0 Å². The van der Waals surface area contributed by atoms with Gasteiger partial charge in [-0.15, -0.1) is 0 Å². The van der Waals surface area contributed by atoms with E-state index in [0.717, 1.165) is 0 Å². The summed E-state index contributed by atoms with van der Waals surface area (Å²) in [6, 6.07) is 0. The predicted molar refractivity (Wildman–Crippen MR) is 51.3 cm³/mol. The van der Waals surface area contributed by atoms with E-state index in [1.807, 2.05) is 0 Å². The van der Waals surface area contributed by atoms with Gasteiger partial charge in [-0.05, 0) is 11.8 Å². The molecule has 0 radical (unpaired) electrons. The maximum Gasteiger partial charge on any atom is 0.303 e. The van der Waals surface area contributed by atoms with Gasteiger partial charge in [0.2, 0.25) is 0 Å². The number of aliphatic carboxylic acids is 2. The van der Waals surface area contributed by atoms with Gasteiger partial charge >= 0.3 is 11.9 Å². The summed E-state index contributed by atoms with van der Waals surface area (Å²) in [5, 5.41) is 15.4. The van der Waals surface area contributed by atoms with Crippen molar-refractivity contribution in [2.45, 2.75) is 25.7 Å². The fourth-order valence-electron chi connectivity index (χ4n) is 0.647. The lowest BCUT2D eigenvalue weighted by Crippen LogP contribution is -2.05. The van der Waals surface area contributed by atoms with Crippen molar-refractivity contribution in [3.05, 3.63) is 0 Å². The molecule has 0 saturated heterocycles. The second-order valence-corrected chi connectivity index (χ2v) is 3.75. The largest absolute Gasteiger partial charge is 0.481 e. The Balaban J connectivity index is 3.71. The van der Waals surface area contributed by atoms with Crippen LogP contribution in [0.2, 0.25) is 0 Å². The summed E-state index contributed by atoms with van der Waals surface area (Å²) in [5.74, 6) is -2.22. The first-order valence-electron chi connectivity index (χ1n) is 4.09. The van der Waals surface area contributed by atoms with Gasteiger partial charge in [-0.3, -0.25) is 19.2 Å². The topological polar surface area (TPSA) is 109 Å². The van der Waals surface area contributed by atoms with Gasteiger partial charge in [0.25, 0.3) is 0 Å². The summed E-state index contributed by atoms with van der Waals surface area (Å²) in [4.78, 5) is 42.0. The highest BCUT2D eigenvalue weighted by molar-refractivity contribution is 8.26. The van der Waals surface area contributed by atoms with E-state index in [-0.39, 0.29) is 25.7 Å². The van der Waals surface area contributed by atoms with E-state index >= 15 is 0 Å². The van der Waals surface area contributed by atoms with Crippen molar-refractivity contribution in [3.63, 3.8) is 0 Å². The zero-order chi connectivity index (χ0) is 11.8. The molecule has 6 nitrogen and oxygen atoms in total. The molecule has 0 atom stereocenters. The van der Waals surface area contributed by atoms with Crippen LogP contribution in [0.3, 0.4) is 0 Å². The second-order valence-electron chi connectivity index (χ2n) is 2.63. The lowest BCUT2D eigenvalue weighted by molar-refractivity contribution is -0.138. The van der Waals surface area contributed by atoms with Gasteiger partial charge in [0.1, 0.15) is 0 Å². The molecule has 0 heterocycles. The first-order chi connectivity index (χ1) is 6.91. The fraction of sp³-hybridized carbons (Fsp3) is 0.500. The molecule has 0 bridgehead atoms. The number of carbonyl (C=O) groups is 4. The third-order valence-electron chi connectivity index (χ3n) is 1.31. The molecule has 7 heteroatoms. The van der Waals surface area contributed by atoms with Crippen LogP contribution in [0.25, 0.3) is 0 Å². The van der Waals surface area contributed by atoms with Gasteiger partial charge in [0, 0.05) is 12.8 Å². The first kappa shape index (κ1) is 13.6. The van der Waals surface area contributed by atoms with Crippen molar-refractivity contribution in [1.29, 1.82) is 0 Å². The molecule has 0 aromatic carbocycles. The normalized spacial score (nSPS) is 9.60. The molecule has 84 valence electrons. The van der Waals surface area contributed by atoms with Crippen molar-refractivity contribution < 1.29 is 29.4 Å². The van der Waals surface area contributed by atoms with Gasteiger partial charge in [-0.1, -0.05) is 0 Å². The van der Waals surface area contributed by atoms with Crippen molar-refractivity contribution in [3.8, 4) is 0 Å². The maximum absolute atomic E-state index is 10.9. The Kier molecular flexibility index (Phi) is 6.35. The SMILES string of the molecule is O=C(O)CCC(=O)SC(=O)CCC(=O)O. The standard InChI is InChI=1S/C8H10O6S/c9-5(10)1-3-7(13)15-8(14)4-2-6(11)12/h1-4H2,(H,9,10)(H,11,12). The fourth-order valence-corrected chi connectivity index (χ4v) is 1.31. The Morgan fingerprint density at radius 3 is 1.33 bits per heavy atom. The third kappa shape index (κ3) is 8.95. The average Bonchev–Trinajstić information content (AvgIpc) is 2.11. The lowest BCUT2D eigenvalue weighted by Gasteiger charge is -1.96. The molecule has 0 aromatic rings. The molecule has 0 saturated carbocycles. The minimum absolute atomic E-state index is 0.223. The van der Waals surface area contributed by atoms with Gasteiger partial charge < -0.3 is 10.2 Å². The Morgan fingerprint density at radius 1 is 0.733 bits per heavy atom. The lowest BCUT2D eigenvalue weighted by atomic mass is 10.3. The summed E-state index contributed by atoms with van der Waals surface area (Å²) in [7, 11) is 0. The van der Waals surface area contributed by atoms with E-state index in [9.17, 15) is 19.2 Å².